The molecule has 1 aliphatic rings. The third kappa shape index (κ3) is 7.39. The average Bonchev–Trinajstić information content (AvgIpc) is 2.79. The van der Waals surface area contributed by atoms with Crippen molar-refractivity contribution in [1.29, 1.82) is 0 Å². The predicted molar refractivity (Wildman–Crippen MR) is 139 cm³/mol. The van der Waals surface area contributed by atoms with E-state index in [4.69, 9.17) is 0 Å². The van der Waals surface area contributed by atoms with Crippen molar-refractivity contribution in [3.63, 3.8) is 0 Å². The third-order valence-corrected chi connectivity index (χ3v) is 6.57. The van der Waals surface area contributed by atoms with Gasteiger partial charge in [0, 0.05) is 37.5 Å². The Kier molecular flexibility index (Phi) is 9.63. The highest BCUT2D eigenvalue weighted by atomic mass is 16.2. The van der Waals surface area contributed by atoms with Gasteiger partial charge < -0.3 is 10.2 Å². The van der Waals surface area contributed by atoms with Crippen molar-refractivity contribution in [3.05, 3.63) is 53.3 Å². The third-order valence-electron chi connectivity index (χ3n) is 6.57. The van der Waals surface area contributed by atoms with E-state index in [0.29, 0.717) is 17.2 Å². The van der Waals surface area contributed by atoms with Crippen LogP contribution in [0.4, 0.5) is 11.4 Å². The number of carbonyl (C=O) groups excluding carboxylic acids is 2. The molecule has 0 unspecified atom stereocenters. The number of hydrogen-bond donors (Lipinski definition) is 1. The lowest BCUT2D eigenvalue weighted by atomic mass is 10.0. The van der Waals surface area contributed by atoms with Crippen LogP contribution >= 0.6 is 0 Å². The number of fused-ring (bicyclic) bond motifs is 1. The van der Waals surface area contributed by atoms with Crippen LogP contribution in [0.1, 0.15) is 80.8 Å². The highest BCUT2D eigenvalue weighted by Crippen LogP contribution is 2.27. The van der Waals surface area contributed by atoms with Crippen molar-refractivity contribution in [2.45, 2.75) is 72.8 Å². The van der Waals surface area contributed by atoms with Gasteiger partial charge in [-0.2, -0.15) is 0 Å². The van der Waals surface area contributed by atoms with Crippen LogP contribution < -0.4 is 10.2 Å². The first-order valence-corrected chi connectivity index (χ1v) is 12.7. The number of hydrogen-bond acceptors (Lipinski definition) is 4. The zero-order valence-electron chi connectivity index (χ0n) is 21.3. The number of aromatic nitrogens is 1. The van der Waals surface area contributed by atoms with E-state index in [0.717, 1.165) is 62.3 Å². The largest absolute Gasteiger partial charge is 0.320 e. The molecule has 3 rings (SSSR count). The molecule has 1 aromatic heterocycles. The first-order chi connectivity index (χ1) is 16.3. The molecule has 0 aliphatic carbocycles. The second-order valence-electron chi connectivity index (χ2n) is 9.89. The second-order valence-corrected chi connectivity index (χ2v) is 9.89. The molecule has 184 valence electrons. The molecule has 0 fully saturated rings. The lowest BCUT2D eigenvalue weighted by Gasteiger charge is -2.29. The summed E-state index contributed by atoms with van der Waals surface area (Å²) in [7, 11) is 0. The molecular weight excluding hydrogens is 424 g/mol. The van der Waals surface area contributed by atoms with Crippen molar-refractivity contribution in [3.8, 4) is 0 Å². The molecule has 1 aliphatic heterocycles. The van der Waals surface area contributed by atoms with Gasteiger partial charge in [0.05, 0.1) is 11.9 Å². The fraction of sp³-hybridized carbons (Fsp3) is 0.536. The van der Waals surface area contributed by atoms with Gasteiger partial charge in [-0.3, -0.25) is 19.5 Å². The summed E-state index contributed by atoms with van der Waals surface area (Å²) < 4.78 is 0. The van der Waals surface area contributed by atoms with Gasteiger partial charge >= 0.3 is 0 Å². The van der Waals surface area contributed by atoms with Crippen LogP contribution in [0.25, 0.3) is 0 Å². The average molecular weight is 465 g/mol. The zero-order valence-corrected chi connectivity index (χ0v) is 21.3. The highest BCUT2D eigenvalue weighted by Gasteiger charge is 2.20. The number of amides is 2. The van der Waals surface area contributed by atoms with Crippen molar-refractivity contribution >= 4 is 23.2 Å². The van der Waals surface area contributed by atoms with E-state index in [1.54, 1.807) is 19.3 Å². The quantitative estimate of drug-likeness (QED) is 0.607. The Bertz CT molecular complexity index is 973. The summed E-state index contributed by atoms with van der Waals surface area (Å²) in [6, 6.07) is 7.64. The lowest BCUT2D eigenvalue weighted by molar-refractivity contribution is -0.116. The standard InChI is InChI=1S/C28H40N4O2/c1-21(2)13-17-31-15-8-6-5-7-9-16-32(23(4)33)27-11-10-24(18-25(27)20-31)28(34)30-26-19-29-14-12-22(26)3/h10-12,14,18-19,21H,5-9,13,15-17,20H2,1-4H3,(H,30,34). The fourth-order valence-corrected chi connectivity index (χ4v) is 4.44. The van der Waals surface area contributed by atoms with Gasteiger partial charge in [-0.15, -0.1) is 0 Å². The topological polar surface area (TPSA) is 65.5 Å². The first-order valence-electron chi connectivity index (χ1n) is 12.7. The molecule has 2 amide bonds. The summed E-state index contributed by atoms with van der Waals surface area (Å²) >= 11 is 0. The number of nitrogens with one attached hydrogen (secondary N) is 1. The number of carbonyl (C=O) groups is 2. The molecular formula is C28H40N4O2. The van der Waals surface area contributed by atoms with E-state index in [1.165, 1.54) is 19.3 Å². The van der Waals surface area contributed by atoms with Crippen molar-refractivity contribution in [2.24, 2.45) is 5.92 Å². The molecule has 2 aromatic rings. The molecule has 0 atom stereocenters. The smallest absolute Gasteiger partial charge is 0.255 e. The lowest BCUT2D eigenvalue weighted by Crippen LogP contribution is -2.33. The normalized spacial score (nSPS) is 15.9. The number of nitrogens with zero attached hydrogens (tertiary/aromatic N) is 3. The number of pyridine rings is 1. The molecule has 2 heterocycles. The van der Waals surface area contributed by atoms with Gasteiger partial charge in [0.15, 0.2) is 0 Å². The van der Waals surface area contributed by atoms with Crippen molar-refractivity contribution in [2.75, 3.05) is 29.9 Å². The van der Waals surface area contributed by atoms with Gasteiger partial charge in [-0.1, -0.05) is 33.1 Å². The summed E-state index contributed by atoms with van der Waals surface area (Å²) in [5.41, 5.74) is 4.25. The zero-order chi connectivity index (χ0) is 24.5. The molecule has 1 aromatic carbocycles. The molecule has 0 spiro atoms. The van der Waals surface area contributed by atoms with Gasteiger partial charge in [-0.25, -0.2) is 0 Å². The minimum absolute atomic E-state index is 0.0511. The summed E-state index contributed by atoms with van der Waals surface area (Å²) in [5, 5.41) is 2.99. The maximum absolute atomic E-state index is 13.1. The van der Waals surface area contributed by atoms with E-state index in [9.17, 15) is 9.59 Å². The molecule has 6 heteroatoms. The SMILES string of the molecule is CC(=O)N1CCCCCCCN(CCC(C)C)Cc2cc(C(=O)Nc3cnccc3C)ccc21. The number of benzene rings is 1. The van der Waals surface area contributed by atoms with Gasteiger partial charge in [-0.05, 0) is 80.6 Å². The van der Waals surface area contributed by atoms with Crippen LogP contribution in [0.15, 0.2) is 36.7 Å². The van der Waals surface area contributed by atoms with E-state index in [-0.39, 0.29) is 11.8 Å². The maximum Gasteiger partial charge on any atom is 0.255 e. The summed E-state index contributed by atoms with van der Waals surface area (Å²) in [6.07, 6.45) is 10.3. The summed E-state index contributed by atoms with van der Waals surface area (Å²) in [5.74, 6) is 0.526. The summed E-state index contributed by atoms with van der Waals surface area (Å²) in [4.78, 5) is 34.2. The van der Waals surface area contributed by atoms with Gasteiger partial charge in [0.25, 0.3) is 5.91 Å². The Morgan fingerprint density at radius 3 is 2.50 bits per heavy atom. The summed E-state index contributed by atoms with van der Waals surface area (Å²) in [6.45, 7) is 11.6. The van der Waals surface area contributed by atoms with E-state index in [2.05, 4.69) is 29.0 Å². The highest BCUT2D eigenvalue weighted by molar-refractivity contribution is 6.05. The molecule has 1 N–H and O–H groups in total. The van der Waals surface area contributed by atoms with Crippen LogP contribution in [0.5, 0.6) is 0 Å². The van der Waals surface area contributed by atoms with Crippen LogP contribution in [0.3, 0.4) is 0 Å². The molecule has 0 saturated carbocycles. The second kappa shape index (κ2) is 12.7. The Labute approximate surface area is 204 Å². The first kappa shape index (κ1) is 25.9. The molecule has 6 nitrogen and oxygen atoms in total. The number of aryl methyl sites for hydroxylation is 1. The van der Waals surface area contributed by atoms with Crippen molar-refractivity contribution < 1.29 is 9.59 Å². The van der Waals surface area contributed by atoms with Crippen LogP contribution in [0, 0.1) is 12.8 Å². The fourth-order valence-electron chi connectivity index (χ4n) is 4.44. The number of anilines is 2. The van der Waals surface area contributed by atoms with Gasteiger partial charge in [0.1, 0.15) is 0 Å². The maximum atomic E-state index is 13.1. The minimum atomic E-state index is -0.159. The van der Waals surface area contributed by atoms with E-state index >= 15 is 0 Å². The molecule has 0 radical (unpaired) electrons. The molecule has 0 bridgehead atoms. The monoisotopic (exact) mass is 464 g/mol. The van der Waals surface area contributed by atoms with Crippen molar-refractivity contribution in [1.82, 2.24) is 9.88 Å². The Morgan fingerprint density at radius 2 is 1.79 bits per heavy atom. The molecule has 34 heavy (non-hydrogen) atoms. The van der Waals surface area contributed by atoms with E-state index in [1.807, 2.05) is 36.1 Å². The minimum Gasteiger partial charge on any atom is -0.320 e. The Balaban J connectivity index is 1.94. The predicted octanol–water partition coefficient (Wildman–Crippen LogP) is 5.81. The molecule has 0 saturated heterocycles. The Morgan fingerprint density at radius 1 is 1.06 bits per heavy atom. The van der Waals surface area contributed by atoms with E-state index < -0.39 is 0 Å². The Hall–Kier alpha value is -2.73. The van der Waals surface area contributed by atoms with Crippen LogP contribution in [-0.2, 0) is 11.3 Å². The van der Waals surface area contributed by atoms with Crippen LogP contribution in [-0.4, -0.2) is 41.3 Å². The number of rotatable bonds is 5. The van der Waals surface area contributed by atoms with Gasteiger partial charge in [0.2, 0.25) is 5.91 Å². The van der Waals surface area contributed by atoms with Crippen LogP contribution in [0.2, 0.25) is 0 Å².